The summed E-state index contributed by atoms with van der Waals surface area (Å²) < 4.78 is 11.9. The zero-order chi connectivity index (χ0) is 58.4. The molecule has 6 aliphatic rings. The van der Waals surface area contributed by atoms with Crippen LogP contribution in [0.1, 0.15) is 65.5 Å². The summed E-state index contributed by atoms with van der Waals surface area (Å²) >= 11 is 0. The van der Waals surface area contributed by atoms with Crippen LogP contribution in [0.4, 0.5) is 22.7 Å². The smallest absolute Gasteiger partial charge is 0.137 e. The fraction of sp³-hybridized carbons (Fsp3) is 0.145. The van der Waals surface area contributed by atoms with Crippen LogP contribution in [0.25, 0.3) is 66.2 Å². The van der Waals surface area contributed by atoms with Crippen LogP contribution in [0, 0.1) is 23.7 Å². The van der Waals surface area contributed by atoms with Crippen LogP contribution in [0.2, 0.25) is 0 Å². The van der Waals surface area contributed by atoms with Crippen molar-refractivity contribution in [3.63, 3.8) is 0 Å². The maximum atomic E-state index is 7.03. The molecule has 4 bridgehead atoms. The molecule has 0 N–H and O–H groups in total. The summed E-state index contributed by atoms with van der Waals surface area (Å²) in [6.07, 6.45) is 8.64. The summed E-state index contributed by atoms with van der Waals surface area (Å²) in [6.45, 7) is 0.633. The summed E-state index contributed by atoms with van der Waals surface area (Å²) in [5.74, 6) is 5.26. The third kappa shape index (κ3) is 7.41. The van der Waals surface area contributed by atoms with Gasteiger partial charge in [0.15, 0.2) is 0 Å². The van der Waals surface area contributed by atoms with E-state index in [1.165, 1.54) is 115 Å². The zero-order valence-corrected chi connectivity index (χ0v) is 49.3. The highest BCUT2D eigenvalue weighted by Crippen LogP contribution is 2.66. The largest absolute Gasteiger partial charge is 0.457 e. The van der Waals surface area contributed by atoms with Gasteiger partial charge in [0.25, 0.3) is 0 Å². The molecule has 14 aromatic rings. The summed E-state index contributed by atoms with van der Waals surface area (Å²) in [5.41, 5.74) is 20.3. The minimum atomic E-state index is -0.491. The van der Waals surface area contributed by atoms with Crippen LogP contribution in [-0.2, 0) is 10.8 Å². The number of anilines is 4. The SMILES string of the molecule is c1ccc(C2(c3ccccc3)c3ccccc3-c3ccc(N4CN(c5cccc(Oc6ccc7c8ccccc8n(-c8cc(C9(c%10ccc(-n%11c%12ccccc%12c%12ccccc%12%11)cc%10)C%10CC%11CC(C%10)CC9C%11)ccn8)c7c6)c5)c5ccccc54)cc32)cc1. The first-order valence-electron chi connectivity index (χ1n) is 31.9. The topological polar surface area (TPSA) is 38.5 Å². The van der Waals surface area contributed by atoms with Gasteiger partial charge in [-0.3, -0.25) is 4.57 Å². The molecule has 11 aromatic carbocycles. The molecule has 0 atom stereocenters. The Labute approximate surface area is 518 Å². The van der Waals surface area contributed by atoms with Crippen molar-refractivity contribution in [3.8, 4) is 34.1 Å². The van der Waals surface area contributed by atoms with Crippen molar-refractivity contribution < 1.29 is 4.74 Å². The first-order chi connectivity index (χ1) is 44.1. The van der Waals surface area contributed by atoms with Crippen molar-refractivity contribution in [2.45, 2.75) is 42.9 Å². The van der Waals surface area contributed by atoms with Gasteiger partial charge >= 0.3 is 0 Å². The lowest BCUT2D eigenvalue weighted by Crippen LogP contribution is -2.56. The lowest BCUT2D eigenvalue weighted by molar-refractivity contribution is -0.0418. The van der Waals surface area contributed by atoms with Crippen LogP contribution >= 0.6 is 0 Å². The number of hydrogen-bond donors (Lipinski definition) is 0. The summed E-state index contributed by atoms with van der Waals surface area (Å²) in [6, 6.07) is 103. The number of ether oxygens (including phenoxy) is 1. The van der Waals surface area contributed by atoms with E-state index in [9.17, 15) is 0 Å². The summed E-state index contributed by atoms with van der Waals surface area (Å²) in [4.78, 5) is 10.2. The van der Waals surface area contributed by atoms with Gasteiger partial charge < -0.3 is 19.1 Å². The average Bonchev–Trinajstić information content (AvgIpc) is 1.65. The molecular weight excluding hydrogens is 1080 g/mol. The van der Waals surface area contributed by atoms with Crippen LogP contribution < -0.4 is 14.5 Å². The van der Waals surface area contributed by atoms with Crippen LogP contribution in [0.3, 0.4) is 0 Å². The van der Waals surface area contributed by atoms with Crippen LogP contribution in [0.15, 0.2) is 285 Å². The number of hydrogen-bond acceptors (Lipinski definition) is 4. The van der Waals surface area contributed by atoms with Crippen LogP contribution in [0.5, 0.6) is 11.5 Å². The number of rotatable bonds is 10. The van der Waals surface area contributed by atoms with Gasteiger partial charge in [-0.2, -0.15) is 0 Å². The van der Waals surface area contributed by atoms with Crippen molar-refractivity contribution >= 4 is 66.4 Å². The molecular formula is C83H63N5O. The Morgan fingerprint density at radius 2 is 0.888 bits per heavy atom. The van der Waals surface area contributed by atoms with E-state index in [0.29, 0.717) is 18.5 Å². The third-order valence-electron chi connectivity index (χ3n) is 21.6. The molecule has 20 rings (SSSR count). The molecule has 4 fully saturated rings. The van der Waals surface area contributed by atoms with Gasteiger partial charge in [0.1, 0.15) is 24.0 Å². The number of nitrogens with zero attached hydrogens (tertiary/aromatic N) is 5. The zero-order valence-electron chi connectivity index (χ0n) is 49.3. The van der Waals surface area contributed by atoms with E-state index in [4.69, 9.17) is 9.72 Å². The molecule has 5 aliphatic carbocycles. The van der Waals surface area contributed by atoms with E-state index in [1.54, 1.807) is 0 Å². The minimum absolute atomic E-state index is 0.125. The second-order valence-corrected chi connectivity index (χ2v) is 25.9. The lowest BCUT2D eigenvalue weighted by Gasteiger charge is -2.62. The molecule has 6 heteroatoms. The van der Waals surface area contributed by atoms with E-state index in [0.717, 1.165) is 62.9 Å². The molecule has 0 radical (unpaired) electrons. The van der Waals surface area contributed by atoms with Gasteiger partial charge in [-0.1, -0.05) is 176 Å². The van der Waals surface area contributed by atoms with Crippen LogP contribution in [-0.4, -0.2) is 20.8 Å². The molecule has 0 amide bonds. The van der Waals surface area contributed by atoms with E-state index in [2.05, 4.69) is 304 Å². The van der Waals surface area contributed by atoms with Crippen molar-refractivity contribution in [1.29, 1.82) is 0 Å². The molecule has 6 nitrogen and oxygen atoms in total. The molecule has 4 heterocycles. The third-order valence-corrected chi connectivity index (χ3v) is 21.6. The first kappa shape index (κ1) is 50.7. The first-order valence-corrected chi connectivity index (χ1v) is 31.9. The second kappa shape index (κ2) is 19.5. The Morgan fingerprint density at radius 1 is 0.348 bits per heavy atom. The fourth-order valence-electron chi connectivity index (χ4n) is 18.3. The van der Waals surface area contributed by atoms with E-state index in [-0.39, 0.29) is 5.41 Å². The molecule has 0 unspecified atom stereocenters. The molecule has 426 valence electrons. The summed E-state index contributed by atoms with van der Waals surface area (Å²) in [5, 5.41) is 4.95. The maximum absolute atomic E-state index is 7.03. The number of fused-ring (bicyclic) bond motifs is 10. The second-order valence-electron chi connectivity index (χ2n) is 25.9. The highest BCUT2D eigenvalue weighted by Gasteiger charge is 2.59. The minimum Gasteiger partial charge on any atom is -0.457 e. The highest BCUT2D eigenvalue weighted by molar-refractivity contribution is 6.10. The van der Waals surface area contributed by atoms with Gasteiger partial charge in [0.2, 0.25) is 0 Å². The van der Waals surface area contributed by atoms with Crippen molar-refractivity contribution in [3.05, 3.63) is 319 Å². The van der Waals surface area contributed by atoms with Crippen molar-refractivity contribution in [1.82, 2.24) is 14.1 Å². The number of para-hydroxylation sites is 5. The van der Waals surface area contributed by atoms with E-state index in [1.807, 2.05) is 0 Å². The lowest BCUT2D eigenvalue weighted by atomic mass is 9.42. The Kier molecular flexibility index (Phi) is 11.1. The van der Waals surface area contributed by atoms with E-state index < -0.39 is 5.41 Å². The Hall–Kier alpha value is -10.4. The Balaban J connectivity index is 0.672. The summed E-state index contributed by atoms with van der Waals surface area (Å²) in [7, 11) is 0. The quantitative estimate of drug-likeness (QED) is 0.137. The van der Waals surface area contributed by atoms with Gasteiger partial charge in [-0.15, -0.1) is 0 Å². The Morgan fingerprint density at radius 3 is 1.55 bits per heavy atom. The monoisotopic (exact) mass is 1150 g/mol. The number of aromatic nitrogens is 3. The molecule has 89 heavy (non-hydrogen) atoms. The molecule has 0 saturated heterocycles. The number of benzene rings is 11. The Bertz CT molecular complexity index is 5020. The average molecular weight is 1150 g/mol. The predicted molar refractivity (Wildman–Crippen MR) is 363 cm³/mol. The van der Waals surface area contributed by atoms with Gasteiger partial charge in [-0.05, 0) is 191 Å². The highest BCUT2D eigenvalue weighted by atomic mass is 16.5. The number of pyridine rings is 1. The fourth-order valence-corrected chi connectivity index (χ4v) is 18.3. The standard InChI is InChI=1S/C83H63N5O/c1-3-18-56(19-4-1)83(57-20-5-2-6-21-57)73-28-11-7-24-67(73)68-40-38-64(51-74(68)83)86-53-85(78-32-15-16-33-79(78)86)63-22-17-23-65(50-63)89-66-39-41-72-71-27-10-14-31-77(71)88(80(72)52-66)81-49-59(42-43-84-81)82(60-45-54-44-55(47-60)48-61(82)46-54)58-34-36-62(37-35-58)87-75-29-12-8-25-69(75)70-26-9-13-30-76(70)87/h1-43,49-52,54-55,60-61H,44-48,53H2. The predicted octanol–water partition coefficient (Wildman–Crippen LogP) is 20.4. The molecule has 3 aromatic heterocycles. The van der Waals surface area contributed by atoms with Crippen molar-refractivity contribution in [2.24, 2.45) is 23.7 Å². The molecule has 1 aliphatic heterocycles. The van der Waals surface area contributed by atoms with Crippen molar-refractivity contribution in [2.75, 3.05) is 16.5 Å². The van der Waals surface area contributed by atoms with Gasteiger partial charge in [-0.25, -0.2) is 4.98 Å². The molecule has 0 spiro atoms. The molecule has 4 saturated carbocycles. The van der Waals surface area contributed by atoms with Gasteiger partial charge in [0, 0.05) is 62.4 Å². The normalized spacial score (nSPS) is 20.2. The maximum Gasteiger partial charge on any atom is 0.137 e. The van der Waals surface area contributed by atoms with E-state index >= 15 is 0 Å². The van der Waals surface area contributed by atoms with Gasteiger partial charge in [0.05, 0.1) is 38.9 Å².